The first-order valence-corrected chi connectivity index (χ1v) is 10.5. The van der Waals surface area contributed by atoms with E-state index in [9.17, 15) is 4.79 Å². The number of fused-ring (bicyclic) bond motifs is 2. The van der Waals surface area contributed by atoms with Crippen molar-refractivity contribution in [3.05, 3.63) is 72.1 Å². The number of pyridine rings is 1. The van der Waals surface area contributed by atoms with E-state index in [1.807, 2.05) is 68.4 Å². The third kappa shape index (κ3) is 4.86. The molecule has 0 aliphatic rings. The van der Waals surface area contributed by atoms with Gasteiger partial charge < -0.3 is 19.2 Å². The van der Waals surface area contributed by atoms with Gasteiger partial charge in [0, 0.05) is 29.1 Å². The van der Waals surface area contributed by atoms with Gasteiger partial charge in [0.05, 0.1) is 19.3 Å². The Labute approximate surface area is 181 Å². The van der Waals surface area contributed by atoms with E-state index < -0.39 is 0 Å². The Morgan fingerprint density at radius 1 is 1.10 bits per heavy atom. The summed E-state index contributed by atoms with van der Waals surface area (Å²) < 4.78 is 17.5. The van der Waals surface area contributed by atoms with Gasteiger partial charge in [-0.25, -0.2) is 0 Å². The minimum atomic E-state index is -0.245. The molecule has 2 heterocycles. The lowest BCUT2D eigenvalue weighted by Crippen LogP contribution is -2.26. The highest BCUT2D eigenvalue weighted by molar-refractivity contribution is 5.99. The summed E-state index contributed by atoms with van der Waals surface area (Å²) in [6.07, 6.45) is 2.47. The average Bonchev–Trinajstić information content (AvgIpc) is 3.16. The van der Waals surface area contributed by atoms with Gasteiger partial charge in [0.15, 0.2) is 5.76 Å². The molecule has 1 N–H and O–H groups in total. The van der Waals surface area contributed by atoms with Gasteiger partial charge in [-0.15, -0.1) is 0 Å². The molecule has 1 amide bonds. The number of aromatic nitrogens is 1. The van der Waals surface area contributed by atoms with Crippen LogP contribution < -0.4 is 10.1 Å². The molecule has 6 nitrogen and oxygen atoms in total. The molecule has 2 aromatic carbocycles. The van der Waals surface area contributed by atoms with Crippen molar-refractivity contribution >= 4 is 27.8 Å². The van der Waals surface area contributed by atoms with Gasteiger partial charge in [-0.2, -0.15) is 0 Å². The molecule has 0 aliphatic heterocycles. The molecule has 0 atom stereocenters. The first-order valence-electron chi connectivity index (χ1n) is 10.5. The van der Waals surface area contributed by atoms with Crippen molar-refractivity contribution in [3.63, 3.8) is 0 Å². The van der Waals surface area contributed by atoms with Crippen LogP contribution in [0, 0.1) is 0 Å². The maximum Gasteiger partial charge on any atom is 0.287 e. The standard InChI is InChI=1S/C25H26N2O4/c1-17(2)30-16-20-19-10-3-4-11-21(19)31-24(20)25(28)27-14-7-15-29-22-12-5-8-18-9-6-13-26-23(18)22/h3-6,8-13,17H,7,14-16H2,1-2H3,(H,27,28). The summed E-state index contributed by atoms with van der Waals surface area (Å²) in [5.41, 5.74) is 2.30. The summed E-state index contributed by atoms with van der Waals surface area (Å²) in [6.45, 7) is 5.20. The molecule has 0 aliphatic carbocycles. The SMILES string of the molecule is CC(C)OCc1c(C(=O)NCCCOc2cccc3cccnc23)oc2ccccc12. The van der Waals surface area contributed by atoms with Crippen LogP contribution in [0.2, 0.25) is 0 Å². The molecule has 0 saturated carbocycles. The van der Waals surface area contributed by atoms with E-state index in [0.717, 1.165) is 27.6 Å². The molecule has 0 fully saturated rings. The van der Waals surface area contributed by atoms with Gasteiger partial charge >= 0.3 is 0 Å². The van der Waals surface area contributed by atoms with E-state index in [2.05, 4.69) is 10.3 Å². The summed E-state index contributed by atoms with van der Waals surface area (Å²) >= 11 is 0. The molecule has 6 heteroatoms. The molecular weight excluding hydrogens is 392 g/mol. The van der Waals surface area contributed by atoms with Gasteiger partial charge in [0.25, 0.3) is 5.91 Å². The van der Waals surface area contributed by atoms with Gasteiger partial charge in [0.1, 0.15) is 16.8 Å². The molecule has 0 radical (unpaired) electrons. The third-order valence-corrected chi connectivity index (χ3v) is 4.93. The van der Waals surface area contributed by atoms with Crippen LogP contribution in [-0.2, 0) is 11.3 Å². The van der Waals surface area contributed by atoms with E-state index in [4.69, 9.17) is 13.9 Å². The molecular formula is C25H26N2O4. The zero-order valence-corrected chi connectivity index (χ0v) is 17.8. The maximum atomic E-state index is 12.8. The Kier molecular flexibility index (Phi) is 6.48. The number of hydrogen-bond acceptors (Lipinski definition) is 5. The largest absolute Gasteiger partial charge is 0.491 e. The Bertz CT molecular complexity index is 1180. The zero-order chi connectivity index (χ0) is 21.6. The Morgan fingerprint density at radius 3 is 2.81 bits per heavy atom. The van der Waals surface area contributed by atoms with Gasteiger partial charge in [-0.1, -0.05) is 36.4 Å². The van der Waals surface area contributed by atoms with Crippen molar-refractivity contribution in [3.8, 4) is 5.75 Å². The van der Waals surface area contributed by atoms with Crippen LogP contribution in [0.4, 0.5) is 0 Å². The van der Waals surface area contributed by atoms with E-state index in [-0.39, 0.29) is 12.0 Å². The van der Waals surface area contributed by atoms with Crippen LogP contribution in [0.3, 0.4) is 0 Å². The van der Waals surface area contributed by atoms with Crippen LogP contribution in [0.5, 0.6) is 5.75 Å². The summed E-state index contributed by atoms with van der Waals surface area (Å²) in [4.78, 5) is 17.2. The first kappa shape index (κ1) is 20.9. The number of nitrogens with one attached hydrogen (secondary N) is 1. The number of rotatable bonds is 9. The fraction of sp³-hybridized carbons (Fsp3) is 0.280. The number of ether oxygens (including phenoxy) is 2. The molecule has 2 aromatic heterocycles. The average molecular weight is 418 g/mol. The van der Waals surface area contributed by atoms with Crippen LogP contribution in [-0.4, -0.2) is 30.1 Å². The second kappa shape index (κ2) is 9.62. The number of benzene rings is 2. The number of amides is 1. The van der Waals surface area contributed by atoms with Crippen LogP contribution >= 0.6 is 0 Å². The fourth-order valence-corrected chi connectivity index (χ4v) is 3.40. The topological polar surface area (TPSA) is 73.6 Å². The van der Waals surface area contributed by atoms with Crippen molar-refractivity contribution in [2.45, 2.75) is 33.0 Å². The lowest BCUT2D eigenvalue weighted by atomic mass is 10.1. The first-order chi connectivity index (χ1) is 15.1. The molecule has 31 heavy (non-hydrogen) atoms. The normalized spacial score (nSPS) is 11.3. The molecule has 0 unspecified atom stereocenters. The summed E-state index contributed by atoms with van der Waals surface area (Å²) in [5, 5.41) is 4.87. The second-order valence-electron chi connectivity index (χ2n) is 7.55. The number of carbonyl (C=O) groups is 1. The Hall–Kier alpha value is -3.38. The lowest BCUT2D eigenvalue weighted by Gasteiger charge is -2.10. The van der Waals surface area contributed by atoms with Crippen LogP contribution in [0.25, 0.3) is 21.9 Å². The van der Waals surface area contributed by atoms with E-state index >= 15 is 0 Å². The minimum absolute atomic E-state index is 0.0604. The minimum Gasteiger partial charge on any atom is -0.491 e. The van der Waals surface area contributed by atoms with Crippen molar-refractivity contribution in [1.29, 1.82) is 0 Å². The quantitative estimate of drug-likeness (QED) is 0.383. The van der Waals surface area contributed by atoms with Crippen molar-refractivity contribution in [1.82, 2.24) is 10.3 Å². The second-order valence-corrected chi connectivity index (χ2v) is 7.55. The molecule has 160 valence electrons. The predicted molar refractivity (Wildman–Crippen MR) is 120 cm³/mol. The summed E-state index contributed by atoms with van der Waals surface area (Å²) in [7, 11) is 0. The highest BCUT2D eigenvalue weighted by Gasteiger charge is 2.20. The molecule has 0 saturated heterocycles. The van der Waals surface area contributed by atoms with E-state index in [1.54, 1.807) is 6.20 Å². The van der Waals surface area contributed by atoms with Crippen LogP contribution in [0.1, 0.15) is 36.4 Å². The zero-order valence-electron chi connectivity index (χ0n) is 17.8. The number of hydrogen-bond donors (Lipinski definition) is 1. The number of para-hydroxylation sites is 2. The van der Waals surface area contributed by atoms with Crippen molar-refractivity contribution in [2.24, 2.45) is 0 Å². The highest BCUT2D eigenvalue weighted by atomic mass is 16.5. The van der Waals surface area contributed by atoms with Crippen LogP contribution in [0.15, 0.2) is 65.2 Å². The molecule has 4 rings (SSSR count). The summed E-state index contributed by atoms with van der Waals surface area (Å²) in [6, 6.07) is 17.4. The molecule has 0 spiro atoms. The molecule has 4 aromatic rings. The monoisotopic (exact) mass is 418 g/mol. The smallest absolute Gasteiger partial charge is 0.287 e. The van der Waals surface area contributed by atoms with Gasteiger partial charge in [0.2, 0.25) is 0 Å². The molecule has 0 bridgehead atoms. The fourth-order valence-electron chi connectivity index (χ4n) is 3.40. The predicted octanol–water partition coefficient (Wildman–Crippen LogP) is 5.10. The van der Waals surface area contributed by atoms with Gasteiger partial charge in [-0.05, 0) is 38.5 Å². The highest BCUT2D eigenvalue weighted by Crippen LogP contribution is 2.27. The number of nitrogens with zero attached hydrogens (tertiary/aromatic N) is 1. The lowest BCUT2D eigenvalue weighted by molar-refractivity contribution is 0.0643. The van der Waals surface area contributed by atoms with E-state index in [1.165, 1.54) is 0 Å². The summed E-state index contributed by atoms with van der Waals surface area (Å²) in [5.74, 6) is 0.807. The number of carbonyl (C=O) groups excluding carboxylic acids is 1. The Balaban J connectivity index is 1.35. The van der Waals surface area contributed by atoms with Gasteiger partial charge in [-0.3, -0.25) is 9.78 Å². The van der Waals surface area contributed by atoms with Crippen molar-refractivity contribution < 1.29 is 18.7 Å². The number of furan rings is 1. The Morgan fingerprint density at radius 2 is 1.94 bits per heavy atom. The van der Waals surface area contributed by atoms with E-state index in [0.29, 0.717) is 37.5 Å². The van der Waals surface area contributed by atoms with Crippen molar-refractivity contribution in [2.75, 3.05) is 13.2 Å². The third-order valence-electron chi connectivity index (χ3n) is 4.93. The maximum absolute atomic E-state index is 12.8.